The number of hydrogen-bond acceptors (Lipinski definition) is 8. The molecule has 1 aliphatic rings. The maximum Gasteiger partial charge on any atom is 0.378 e. The number of carbonyl (C=O) groups excluding carboxylic acids is 2. The van der Waals surface area contributed by atoms with E-state index in [1.807, 2.05) is 13.0 Å². The summed E-state index contributed by atoms with van der Waals surface area (Å²) in [7, 11) is 0. The summed E-state index contributed by atoms with van der Waals surface area (Å²) in [5.41, 5.74) is 1.61. The van der Waals surface area contributed by atoms with Gasteiger partial charge in [0.1, 0.15) is 0 Å². The van der Waals surface area contributed by atoms with Gasteiger partial charge in [-0.15, -0.1) is 5.10 Å². The fourth-order valence-electron chi connectivity index (χ4n) is 2.49. The van der Waals surface area contributed by atoms with Gasteiger partial charge in [-0.3, -0.25) is 4.79 Å². The Labute approximate surface area is 153 Å². The number of hydrogen-bond donors (Lipinski definition) is 1. The molecular formula is C17H15N5O5. The number of fused-ring (bicyclic) bond motifs is 2. The maximum absolute atomic E-state index is 12.0. The molecular weight excluding hydrogens is 354 g/mol. The van der Waals surface area contributed by atoms with Crippen molar-refractivity contribution in [1.82, 2.24) is 24.9 Å². The van der Waals surface area contributed by atoms with Gasteiger partial charge in [0.15, 0.2) is 18.1 Å². The van der Waals surface area contributed by atoms with Gasteiger partial charge in [-0.1, -0.05) is 6.07 Å². The molecule has 0 atom stereocenters. The summed E-state index contributed by atoms with van der Waals surface area (Å²) in [6.07, 6.45) is 1.57. The quantitative estimate of drug-likeness (QED) is 0.651. The third-order valence-electron chi connectivity index (χ3n) is 3.87. The molecule has 1 N–H and O–H groups in total. The van der Waals surface area contributed by atoms with Gasteiger partial charge in [-0.2, -0.15) is 4.98 Å². The van der Waals surface area contributed by atoms with Gasteiger partial charge in [0.25, 0.3) is 17.5 Å². The van der Waals surface area contributed by atoms with Crippen molar-refractivity contribution in [1.29, 1.82) is 0 Å². The molecule has 1 aromatic carbocycles. The number of carbonyl (C=O) groups is 2. The number of rotatable bonds is 5. The van der Waals surface area contributed by atoms with Crippen LogP contribution in [0.5, 0.6) is 11.5 Å². The summed E-state index contributed by atoms with van der Waals surface area (Å²) in [5, 5.41) is 6.69. The highest BCUT2D eigenvalue weighted by Gasteiger charge is 2.18. The van der Waals surface area contributed by atoms with Crippen molar-refractivity contribution >= 4 is 17.7 Å². The first-order valence-electron chi connectivity index (χ1n) is 8.11. The molecule has 0 bridgehead atoms. The van der Waals surface area contributed by atoms with E-state index in [1.165, 1.54) is 4.52 Å². The third kappa shape index (κ3) is 3.50. The molecule has 3 aromatic rings. The van der Waals surface area contributed by atoms with Crippen LogP contribution >= 0.6 is 0 Å². The highest BCUT2D eigenvalue weighted by molar-refractivity contribution is 5.88. The minimum absolute atomic E-state index is 0.152. The molecule has 10 nitrogen and oxygen atoms in total. The van der Waals surface area contributed by atoms with Crippen molar-refractivity contribution in [2.75, 3.05) is 13.4 Å². The van der Waals surface area contributed by atoms with Gasteiger partial charge in [0.05, 0.1) is 0 Å². The normalized spacial score (nSPS) is 12.2. The van der Waals surface area contributed by atoms with Crippen LogP contribution < -0.4 is 14.8 Å². The summed E-state index contributed by atoms with van der Waals surface area (Å²) in [4.78, 5) is 31.9. The molecule has 0 aliphatic carbocycles. The molecule has 0 unspecified atom stereocenters. The SMILES string of the molecule is Cc1ccnc2nc(C(=O)OCC(=O)NCc3ccc4c(c3)OCO4)nn12. The molecule has 10 heteroatoms. The molecule has 0 spiro atoms. The highest BCUT2D eigenvalue weighted by Crippen LogP contribution is 2.32. The van der Waals surface area contributed by atoms with Crippen LogP contribution in [0, 0.1) is 6.92 Å². The summed E-state index contributed by atoms with van der Waals surface area (Å²) in [5.74, 6) is 0.200. The van der Waals surface area contributed by atoms with Gasteiger partial charge in [-0.25, -0.2) is 14.3 Å². The van der Waals surface area contributed by atoms with E-state index < -0.39 is 18.5 Å². The minimum atomic E-state index is -0.793. The second kappa shape index (κ2) is 6.90. The van der Waals surface area contributed by atoms with E-state index in [0.29, 0.717) is 11.5 Å². The van der Waals surface area contributed by atoms with Crippen LogP contribution in [0.1, 0.15) is 21.9 Å². The van der Waals surface area contributed by atoms with E-state index >= 15 is 0 Å². The van der Waals surface area contributed by atoms with Gasteiger partial charge >= 0.3 is 5.97 Å². The Bertz CT molecular complexity index is 1030. The van der Waals surface area contributed by atoms with Crippen molar-refractivity contribution in [2.24, 2.45) is 0 Å². The summed E-state index contributed by atoms with van der Waals surface area (Å²) in [6, 6.07) is 7.11. The molecule has 0 saturated heterocycles. The lowest BCUT2D eigenvalue weighted by Crippen LogP contribution is -2.28. The van der Waals surface area contributed by atoms with Gasteiger partial charge < -0.3 is 19.5 Å². The average Bonchev–Trinajstić information content (AvgIpc) is 3.31. The molecule has 0 radical (unpaired) electrons. The fraction of sp³-hybridized carbons (Fsp3) is 0.235. The van der Waals surface area contributed by atoms with Crippen LogP contribution in [0.25, 0.3) is 5.78 Å². The van der Waals surface area contributed by atoms with Gasteiger partial charge in [0, 0.05) is 18.4 Å². The van der Waals surface area contributed by atoms with Crippen LogP contribution in [0.2, 0.25) is 0 Å². The van der Waals surface area contributed by atoms with Crippen LogP contribution in [-0.2, 0) is 16.1 Å². The van der Waals surface area contributed by atoms with E-state index in [1.54, 1.807) is 24.4 Å². The molecule has 1 amide bonds. The summed E-state index contributed by atoms with van der Waals surface area (Å²) in [6.45, 7) is 1.82. The van der Waals surface area contributed by atoms with Crippen LogP contribution in [0.4, 0.5) is 0 Å². The first-order valence-corrected chi connectivity index (χ1v) is 8.11. The lowest BCUT2D eigenvalue weighted by atomic mass is 10.2. The first kappa shape index (κ1) is 16.8. The summed E-state index contributed by atoms with van der Waals surface area (Å²) < 4.78 is 16.9. The number of amides is 1. The Hall–Kier alpha value is -3.69. The second-order valence-corrected chi connectivity index (χ2v) is 5.77. The van der Waals surface area contributed by atoms with Crippen molar-refractivity contribution in [2.45, 2.75) is 13.5 Å². The van der Waals surface area contributed by atoms with Crippen LogP contribution in [-0.4, -0.2) is 44.9 Å². The van der Waals surface area contributed by atoms with Gasteiger partial charge in [-0.05, 0) is 30.7 Å². The molecule has 3 heterocycles. The zero-order valence-electron chi connectivity index (χ0n) is 14.3. The van der Waals surface area contributed by atoms with Crippen molar-refractivity contribution in [3.63, 3.8) is 0 Å². The smallest absolute Gasteiger partial charge is 0.378 e. The Kier molecular flexibility index (Phi) is 4.29. The molecule has 0 fully saturated rings. The minimum Gasteiger partial charge on any atom is -0.454 e. The molecule has 0 saturated carbocycles. The maximum atomic E-state index is 12.0. The predicted octanol–water partition coefficient (Wildman–Crippen LogP) is 0.635. The number of nitrogens with zero attached hydrogens (tertiary/aromatic N) is 4. The van der Waals surface area contributed by atoms with E-state index in [2.05, 4.69) is 20.4 Å². The molecule has 2 aromatic heterocycles. The number of ether oxygens (including phenoxy) is 3. The number of esters is 1. The predicted molar refractivity (Wildman–Crippen MR) is 90.2 cm³/mol. The first-order chi connectivity index (χ1) is 13.1. The average molecular weight is 369 g/mol. The van der Waals surface area contributed by atoms with Crippen LogP contribution in [0.15, 0.2) is 30.5 Å². The largest absolute Gasteiger partial charge is 0.454 e. The fourth-order valence-corrected chi connectivity index (χ4v) is 2.49. The van der Waals surface area contributed by atoms with Crippen LogP contribution in [0.3, 0.4) is 0 Å². The Morgan fingerprint density at radius 2 is 2.11 bits per heavy atom. The Balaban J connectivity index is 1.30. The monoisotopic (exact) mass is 369 g/mol. The third-order valence-corrected chi connectivity index (χ3v) is 3.87. The number of nitrogens with one attached hydrogen (secondary N) is 1. The zero-order chi connectivity index (χ0) is 18.8. The van der Waals surface area contributed by atoms with Crippen molar-refractivity contribution in [3.8, 4) is 11.5 Å². The second-order valence-electron chi connectivity index (χ2n) is 5.77. The van der Waals surface area contributed by atoms with Crippen molar-refractivity contribution < 1.29 is 23.8 Å². The highest BCUT2D eigenvalue weighted by atomic mass is 16.7. The topological polar surface area (TPSA) is 117 Å². The van der Waals surface area contributed by atoms with E-state index in [0.717, 1.165) is 11.3 Å². The Morgan fingerprint density at radius 3 is 2.96 bits per heavy atom. The molecule has 27 heavy (non-hydrogen) atoms. The number of benzene rings is 1. The van der Waals surface area contributed by atoms with Gasteiger partial charge in [0.2, 0.25) is 6.79 Å². The van der Waals surface area contributed by atoms with E-state index in [4.69, 9.17) is 14.2 Å². The Morgan fingerprint density at radius 1 is 1.26 bits per heavy atom. The van der Waals surface area contributed by atoms with Crippen molar-refractivity contribution in [3.05, 3.63) is 47.5 Å². The van der Waals surface area contributed by atoms with E-state index in [9.17, 15) is 9.59 Å². The molecule has 138 valence electrons. The summed E-state index contributed by atoms with van der Waals surface area (Å²) >= 11 is 0. The number of aromatic nitrogens is 4. The molecule has 1 aliphatic heterocycles. The zero-order valence-corrected chi connectivity index (χ0v) is 14.3. The van der Waals surface area contributed by atoms with E-state index in [-0.39, 0.29) is 24.9 Å². The number of aryl methyl sites for hydroxylation is 1. The lowest BCUT2D eigenvalue weighted by molar-refractivity contribution is -0.124. The molecule has 4 rings (SSSR count). The standard InChI is InChI=1S/C17H15N5O5/c1-10-4-5-18-17-20-15(21-22(10)17)16(24)25-8-14(23)19-7-11-2-3-12-13(6-11)27-9-26-12/h2-6H,7-9H2,1H3,(H,19,23). The lowest BCUT2D eigenvalue weighted by Gasteiger charge is -2.06.